The largest absolute Gasteiger partial charge is 0.621 e. The fourth-order valence-corrected chi connectivity index (χ4v) is 2.57. The van der Waals surface area contributed by atoms with Crippen molar-refractivity contribution in [1.82, 2.24) is 0 Å². The van der Waals surface area contributed by atoms with E-state index < -0.39 is 23.7 Å². The Morgan fingerprint density at radius 3 is 2.00 bits per heavy atom. The van der Waals surface area contributed by atoms with E-state index >= 15 is 0 Å². The standard InChI is InChI=1S/C21H21NO7/c1-27-20(23)17(21(24)28-2)14-18(16-11-7-4-8-12-16)22(25)19(29-26)13-15-9-5-3-6-10-15/h3-12,14,19,26H,13H2,1-2H3/b22-18-. The first-order valence-electron chi connectivity index (χ1n) is 8.63. The van der Waals surface area contributed by atoms with Crippen LogP contribution in [0.25, 0.3) is 0 Å². The molecule has 8 heteroatoms. The van der Waals surface area contributed by atoms with Crippen molar-refractivity contribution in [3.8, 4) is 0 Å². The second-order valence-electron chi connectivity index (χ2n) is 5.87. The number of nitrogens with zero attached hydrogens (tertiary/aromatic N) is 1. The minimum Gasteiger partial charge on any atom is -0.621 e. The molecule has 0 bridgehead atoms. The second kappa shape index (κ2) is 10.7. The van der Waals surface area contributed by atoms with Gasteiger partial charge >= 0.3 is 11.9 Å². The minimum atomic E-state index is -1.33. The number of hydrogen-bond acceptors (Lipinski definition) is 7. The Hall–Kier alpha value is -3.49. The van der Waals surface area contributed by atoms with Gasteiger partial charge in [0.15, 0.2) is 5.57 Å². The summed E-state index contributed by atoms with van der Waals surface area (Å²) >= 11 is 0. The van der Waals surface area contributed by atoms with Crippen molar-refractivity contribution >= 4 is 17.7 Å². The van der Waals surface area contributed by atoms with Gasteiger partial charge in [0.25, 0.3) is 6.23 Å². The van der Waals surface area contributed by atoms with Crippen molar-refractivity contribution in [3.63, 3.8) is 0 Å². The van der Waals surface area contributed by atoms with Crippen LogP contribution in [0.4, 0.5) is 0 Å². The van der Waals surface area contributed by atoms with Crippen LogP contribution in [-0.2, 0) is 30.4 Å². The molecular formula is C21H21NO7. The molecule has 29 heavy (non-hydrogen) atoms. The molecule has 0 heterocycles. The van der Waals surface area contributed by atoms with E-state index in [1.165, 1.54) is 0 Å². The highest BCUT2D eigenvalue weighted by Crippen LogP contribution is 2.12. The lowest BCUT2D eigenvalue weighted by Crippen LogP contribution is -2.32. The number of carbonyl (C=O) groups is 2. The molecule has 0 spiro atoms. The van der Waals surface area contributed by atoms with Crippen LogP contribution in [0.1, 0.15) is 11.1 Å². The summed E-state index contributed by atoms with van der Waals surface area (Å²) in [7, 11) is 2.20. The van der Waals surface area contributed by atoms with Gasteiger partial charge in [0.05, 0.1) is 20.6 Å². The highest BCUT2D eigenvalue weighted by Gasteiger charge is 2.27. The van der Waals surface area contributed by atoms with Gasteiger partial charge in [0.2, 0.25) is 5.71 Å². The third-order valence-electron chi connectivity index (χ3n) is 4.04. The van der Waals surface area contributed by atoms with E-state index in [1.807, 2.05) is 6.07 Å². The van der Waals surface area contributed by atoms with Crippen LogP contribution >= 0.6 is 0 Å². The summed E-state index contributed by atoms with van der Waals surface area (Å²) in [6.45, 7) is 0. The Balaban J connectivity index is 2.60. The number of hydroxylamine groups is 1. The first-order chi connectivity index (χ1) is 14.0. The summed E-state index contributed by atoms with van der Waals surface area (Å²) in [4.78, 5) is 28.5. The molecule has 1 unspecified atom stereocenters. The van der Waals surface area contributed by atoms with Crippen molar-refractivity contribution < 1.29 is 33.9 Å². The molecule has 0 aliphatic carbocycles. The van der Waals surface area contributed by atoms with Gasteiger partial charge in [-0.15, -0.1) is 0 Å². The molecule has 1 atom stereocenters. The van der Waals surface area contributed by atoms with Crippen molar-refractivity contribution in [1.29, 1.82) is 0 Å². The third-order valence-corrected chi connectivity index (χ3v) is 4.04. The van der Waals surface area contributed by atoms with Crippen molar-refractivity contribution in [3.05, 3.63) is 88.6 Å². The molecule has 2 aromatic carbocycles. The van der Waals surface area contributed by atoms with Gasteiger partial charge in [-0.3, -0.25) is 0 Å². The van der Waals surface area contributed by atoms with Gasteiger partial charge in [0, 0.05) is 11.6 Å². The number of carbonyl (C=O) groups excluding carboxylic acids is 2. The third kappa shape index (κ3) is 5.74. The van der Waals surface area contributed by atoms with E-state index in [0.717, 1.165) is 25.9 Å². The fourth-order valence-electron chi connectivity index (χ4n) is 2.57. The maximum atomic E-state index is 13.1. The zero-order valence-electron chi connectivity index (χ0n) is 16.0. The molecule has 1 N–H and O–H groups in total. The number of allylic oxidation sites excluding steroid dienone is 1. The molecule has 8 nitrogen and oxygen atoms in total. The molecule has 0 aliphatic heterocycles. The summed E-state index contributed by atoms with van der Waals surface area (Å²) in [5, 5.41) is 22.4. The Kier molecular flexibility index (Phi) is 8.08. The fraction of sp³-hybridized carbons (Fsp3) is 0.190. The predicted molar refractivity (Wildman–Crippen MR) is 104 cm³/mol. The Morgan fingerprint density at radius 1 is 1.00 bits per heavy atom. The zero-order chi connectivity index (χ0) is 21.2. The van der Waals surface area contributed by atoms with Crippen LogP contribution in [0.5, 0.6) is 0 Å². The predicted octanol–water partition coefficient (Wildman–Crippen LogP) is 2.32. The number of rotatable bonds is 8. The summed E-state index contributed by atoms with van der Waals surface area (Å²) in [6.07, 6.45) is -0.228. The van der Waals surface area contributed by atoms with Gasteiger partial charge < -0.3 is 14.7 Å². The Morgan fingerprint density at radius 2 is 1.52 bits per heavy atom. The summed E-state index contributed by atoms with van der Waals surface area (Å²) < 4.78 is 9.61. The molecule has 0 amide bonds. The molecule has 0 aromatic heterocycles. The first kappa shape index (κ1) is 21.8. The summed E-state index contributed by atoms with van der Waals surface area (Å²) in [5.41, 5.74) is 0.561. The van der Waals surface area contributed by atoms with Gasteiger partial charge in [-0.05, 0) is 17.7 Å². The molecule has 2 rings (SSSR count). The van der Waals surface area contributed by atoms with Gasteiger partial charge in [-0.2, -0.15) is 9.63 Å². The zero-order valence-corrected chi connectivity index (χ0v) is 16.0. The molecule has 0 aliphatic rings. The van der Waals surface area contributed by atoms with Gasteiger partial charge in [-0.25, -0.2) is 14.8 Å². The van der Waals surface area contributed by atoms with Crippen LogP contribution in [0, 0.1) is 5.21 Å². The lowest BCUT2D eigenvalue weighted by molar-refractivity contribution is -0.599. The quantitative estimate of drug-likeness (QED) is 0.0693. The SMILES string of the molecule is COC(=O)C(=C/C(c1ccccc1)=[N+](/[O-])C(Cc1ccccc1)OO)C(=O)OC. The number of ether oxygens (including phenoxy) is 2. The van der Waals surface area contributed by atoms with Crippen LogP contribution < -0.4 is 0 Å². The Bertz CT molecular complexity index is 874. The van der Waals surface area contributed by atoms with Crippen LogP contribution in [0.15, 0.2) is 72.3 Å². The molecule has 0 radical (unpaired) electrons. The van der Waals surface area contributed by atoms with E-state index in [0.29, 0.717) is 10.3 Å². The van der Waals surface area contributed by atoms with Crippen LogP contribution in [0.2, 0.25) is 0 Å². The van der Waals surface area contributed by atoms with E-state index in [2.05, 4.69) is 14.4 Å². The summed E-state index contributed by atoms with van der Waals surface area (Å²) in [6, 6.07) is 17.2. The van der Waals surface area contributed by atoms with Crippen molar-refractivity contribution in [2.24, 2.45) is 0 Å². The average molecular weight is 399 g/mol. The van der Waals surface area contributed by atoms with Gasteiger partial charge in [-0.1, -0.05) is 48.5 Å². The maximum Gasteiger partial charge on any atom is 0.345 e. The highest BCUT2D eigenvalue weighted by molar-refractivity contribution is 6.20. The van der Waals surface area contributed by atoms with Crippen LogP contribution in [0.3, 0.4) is 0 Å². The van der Waals surface area contributed by atoms with E-state index in [4.69, 9.17) is 0 Å². The topological polar surface area (TPSA) is 108 Å². The minimum absolute atomic E-state index is 0.0524. The molecule has 2 aromatic rings. The Labute approximate surface area is 167 Å². The molecule has 0 saturated carbocycles. The van der Waals surface area contributed by atoms with Gasteiger partial charge in [0.1, 0.15) is 0 Å². The number of esters is 2. The van der Waals surface area contributed by atoms with E-state index in [1.54, 1.807) is 54.6 Å². The summed E-state index contributed by atoms with van der Waals surface area (Å²) in [5.74, 6) is -1.94. The van der Waals surface area contributed by atoms with Crippen molar-refractivity contribution in [2.45, 2.75) is 12.6 Å². The van der Waals surface area contributed by atoms with E-state index in [9.17, 15) is 20.1 Å². The molecular weight excluding hydrogens is 378 g/mol. The monoisotopic (exact) mass is 399 g/mol. The second-order valence-corrected chi connectivity index (χ2v) is 5.87. The smallest absolute Gasteiger partial charge is 0.345 e. The number of hydrogen-bond donors (Lipinski definition) is 1. The number of benzene rings is 2. The van der Waals surface area contributed by atoms with Crippen molar-refractivity contribution in [2.75, 3.05) is 14.2 Å². The van der Waals surface area contributed by atoms with Crippen LogP contribution in [-0.4, -0.2) is 48.1 Å². The highest BCUT2D eigenvalue weighted by atomic mass is 17.1. The lowest BCUT2D eigenvalue weighted by atomic mass is 10.1. The van der Waals surface area contributed by atoms with E-state index in [-0.39, 0.29) is 12.1 Å². The lowest BCUT2D eigenvalue weighted by Gasteiger charge is -2.17. The molecule has 0 fully saturated rings. The molecule has 152 valence electrons. The average Bonchev–Trinajstić information content (AvgIpc) is 2.78. The maximum absolute atomic E-state index is 13.1. The number of methoxy groups -OCH3 is 2. The molecule has 0 saturated heterocycles. The first-order valence-corrected chi connectivity index (χ1v) is 8.63. The normalized spacial score (nSPS) is 12.4.